The molecule has 0 fully saturated rings. The van der Waals surface area contributed by atoms with Gasteiger partial charge in [-0.25, -0.2) is 17.5 Å². The molecule has 1 heterocycles. The molecule has 1 N–H and O–H groups in total. The minimum absolute atomic E-state index is 0.0174. The van der Waals surface area contributed by atoms with Gasteiger partial charge in [0.15, 0.2) is 0 Å². The fourth-order valence-electron chi connectivity index (χ4n) is 1.34. The van der Waals surface area contributed by atoms with E-state index in [1.165, 1.54) is 19.1 Å². The highest BCUT2D eigenvalue weighted by Gasteiger charge is 2.14. The zero-order chi connectivity index (χ0) is 13.9. The van der Waals surface area contributed by atoms with Gasteiger partial charge in [-0.3, -0.25) is 0 Å². The van der Waals surface area contributed by atoms with Crippen LogP contribution >= 0.6 is 0 Å². The van der Waals surface area contributed by atoms with Gasteiger partial charge in [0.05, 0.1) is 17.9 Å². The number of nitrogens with zero attached hydrogens (tertiary/aromatic N) is 2. The number of aromatic nitrogens is 2. The van der Waals surface area contributed by atoms with Crippen molar-refractivity contribution in [2.45, 2.75) is 13.5 Å². The minimum atomic E-state index is -3.33. The summed E-state index contributed by atoms with van der Waals surface area (Å²) in [6, 6.07) is 5.97. The molecule has 2 aromatic rings. The van der Waals surface area contributed by atoms with Gasteiger partial charge in [-0.15, -0.1) is 10.2 Å². The molecule has 0 aliphatic heterocycles. The first-order valence-corrected chi connectivity index (χ1v) is 7.21. The van der Waals surface area contributed by atoms with Crippen LogP contribution in [-0.4, -0.2) is 24.4 Å². The number of halogens is 1. The molecule has 0 aliphatic rings. The van der Waals surface area contributed by atoms with Crippen molar-refractivity contribution in [2.24, 2.45) is 0 Å². The van der Waals surface area contributed by atoms with Crippen LogP contribution in [0.5, 0.6) is 0 Å². The van der Waals surface area contributed by atoms with Gasteiger partial charge in [-0.1, -0.05) is 12.1 Å². The fraction of sp³-hybridized carbons (Fsp3) is 0.273. The summed E-state index contributed by atoms with van der Waals surface area (Å²) in [4.78, 5) is 0. The smallest absolute Gasteiger partial charge is 0.250 e. The van der Waals surface area contributed by atoms with Gasteiger partial charge in [-0.2, -0.15) is 0 Å². The number of hydrogen-bond donors (Lipinski definition) is 1. The lowest BCUT2D eigenvalue weighted by Gasteiger charge is -2.00. The molecule has 0 radical (unpaired) electrons. The van der Waals surface area contributed by atoms with Crippen LogP contribution in [0, 0.1) is 5.82 Å². The lowest BCUT2D eigenvalue weighted by molar-refractivity contribution is 0.491. The molecule has 8 heteroatoms. The SMILES string of the molecule is CCS(=O)(=O)NCc1nnc(-c2ccccc2F)o1. The zero-order valence-corrected chi connectivity index (χ0v) is 10.9. The Morgan fingerprint density at radius 3 is 2.74 bits per heavy atom. The van der Waals surface area contributed by atoms with E-state index in [0.717, 1.165) is 0 Å². The molecule has 102 valence electrons. The van der Waals surface area contributed by atoms with Crippen LogP contribution in [-0.2, 0) is 16.6 Å². The largest absolute Gasteiger partial charge is 0.419 e. The van der Waals surface area contributed by atoms with Crippen molar-refractivity contribution >= 4 is 10.0 Å². The summed E-state index contributed by atoms with van der Waals surface area (Å²) in [7, 11) is -3.33. The highest BCUT2D eigenvalue weighted by Crippen LogP contribution is 2.20. The van der Waals surface area contributed by atoms with Crippen molar-refractivity contribution in [2.75, 3.05) is 5.75 Å². The van der Waals surface area contributed by atoms with E-state index >= 15 is 0 Å². The summed E-state index contributed by atoms with van der Waals surface area (Å²) in [6.45, 7) is 1.40. The second kappa shape index (κ2) is 5.45. The molecule has 0 saturated heterocycles. The number of sulfonamides is 1. The first-order valence-electron chi connectivity index (χ1n) is 5.56. The van der Waals surface area contributed by atoms with Crippen LogP contribution in [0.4, 0.5) is 4.39 Å². The molecular weight excluding hydrogens is 273 g/mol. The zero-order valence-electron chi connectivity index (χ0n) is 10.1. The quantitative estimate of drug-likeness (QED) is 0.895. The third-order valence-electron chi connectivity index (χ3n) is 2.39. The van der Waals surface area contributed by atoms with Gasteiger partial charge in [0.25, 0.3) is 5.89 Å². The molecule has 0 bridgehead atoms. The van der Waals surface area contributed by atoms with Gasteiger partial charge in [0, 0.05) is 0 Å². The van der Waals surface area contributed by atoms with E-state index < -0.39 is 15.8 Å². The maximum Gasteiger partial charge on any atom is 0.250 e. The molecule has 19 heavy (non-hydrogen) atoms. The second-order valence-corrected chi connectivity index (χ2v) is 5.80. The Kier molecular flexibility index (Phi) is 3.91. The molecule has 1 aromatic carbocycles. The van der Waals surface area contributed by atoms with Crippen LogP contribution in [0.3, 0.4) is 0 Å². The molecule has 0 atom stereocenters. The van der Waals surface area contributed by atoms with Crippen molar-refractivity contribution in [1.82, 2.24) is 14.9 Å². The Bertz CT molecular complexity index is 669. The Labute approximate surface area is 109 Å². The molecule has 0 aliphatic carbocycles. The van der Waals surface area contributed by atoms with Crippen molar-refractivity contribution in [3.63, 3.8) is 0 Å². The van der Waals surface area contributed by atoms with E-state index in [0.29, 0.717) is 0 Å². The van der Waals surface area contributed by atoms with Crippen LogP contribution < -0.4 is 4.72 Å². The van der Waals surface area contributed by atoms with Crippen molar-refractivity contribution < 1.29 is 17.2 Å². The molecule has 0 saturated carbocycles. The summed E-state index contributed by atoms with van der Waals surface area (Å²) >= 11 is 0. The molecule has 2 rings (SSSR count). The number of hydrogen-bond acceptors (Lipinski definition) is 5. The van der Waals surface area contributed by atoms with E-state index in [2.05, 4.69) is 14.9 Å². The monoisotopic (exact) mass is 285 g/mol. The average Bonchev–Trinajstić information content (AvgIpc) is 2.86. The first kappa shape index (κ1) is 13.6. The van der Waals surface area contributed by atoms with E-state index in [1.54, 1.807) is 12.1 Å². The molecular formula is C11H12FN3O3S. The van der Waals surface area contributed by atoms with Crippen molar-refractivity contribution in [3.05, 3.63) is 36.0 Å². The summed E-state index contributed by atoms with van der Waals surface area (Å²) < 4.78 is 43.4. The average molecular weight is 285 g/mol. The lowest BCUT2D eigenvalue weighted by atomic mass is 10.2. The highest BCUT2D eigenvalue weighted by atomic mass is 32.2. The van der Waals surface area contributed by atoms with Gasteiger partial charge in [0.1, 0.15) is 5.82 Å². The predicted octanol–water partition coefficient (Wildman–Crippen LogP) is 1.31. The van der Waals surface area contributed by atoms with Gasteiger partial charge < -0.3 is 4.42 Å². The van der Waals surface area contributed by atoms with E-state index in [-0.39, 0.29) is 29.6 Å². The molecule has 0 unspecified atom stereocenters. The van der Waals surface area contributed by atoms with Gasteiger partial charge in [-0.05, 0) is 19.1 Å². The highest BCUT2D eigenvalue weighted by molar-refractivity contribution is 7.89. The Balaban J connectivity index is 2.14. The number of benzene rings is 1. The first-order chi connectivity index (χ1) is 9.02. The number of rotatable bonds is 5. The van der Waals surface area contributed by atoms with Crippen LogP contribution in [0.25, 0.3) is 11.5 Å². The second-order valence-electron chi connectivity index (χ2n) is 3.71. The standard InChI is InChI=1S/C11H12FN3O3S/c1-2-19(16,17)13-7-10-14-15-11(18-10)8-5-3-4-6-9(8)12/h3-6,13H,2,7H2,1H3. The van der Waals surface area contributed by atoms with E-state index in [1.807, 2.05) is 0 Å². The molecule has 6 nitrogen and oxygen atoms in total. The summed E-state index contributed by atoms with van der Waals surface area (Å²) in [5, 5.41) is 7.34. The summed E-state index contributed by atoms with van der Waals surface area (Å²) in [6.07, 6.45) is 0. The topological polar surface area (TPSA) is 85.1 Å². The summed E-state index contributed by atoms with van der Waals surface area (Å²) in [5.74, 6) is -0.424. The molecule has 0 amide bonds. The Morgan fingerprint density at radius 2 is 2.05 bits per heavy atom. The lowest BCUT2D eigenvalue weighted by Crippen LogP contribution is -2.24. The van der Waals surface area contributed by atoms with Crippen LogP contribution in [0.15, 0.2) is 28.7 Å². The maximum atomic E-state index is 13.5. The normalized spacial score (nSPS) is 11.7. The third kappa shape index (κ3) is 3.36. The van der Waals surface area contributed by atoms with Gasteiger partial charge in [0.2, 0.25) is 15.9 Å². The summed E-state index contributed by atoms with van der Waals surface area (Å²) in [5.41, 5.74) is 0.180. The predicted molar refractivity (Wildman–Crippen MR) is 66.0 cm³/mol. The Hall–Kier alpha value is -1.80. The molecule has 1 aromatic heterocycles. The minimum Gasteiger partial charge on any atom is -0.419 e. The third-order valence-corrected chi connectivity index (χ3v) is 3.74. The number of nitrogens with one attached hydrogen (secondary N) is 1. The van der Waals surface area contributed by atoms with E-state index in [9.17, 15) is 12.8 Å². The van der Waals surface area contributed by atoms with Crippen LogP contribution in [0.1, 0.15) is 12.8 Å². The van der Waals surface area contributed by atoms with Crippen molar-refractivity contribution in [3.8, 4) is 11.5 Å². The van der Waals surface area contributed by atoms with Crippen molar-refractivity contribution in [1.29, 1.82) is 0 Å². The van der Waals surface area contributed by atoms with E-state index in [4.69, 9.17) is 4.42 Å². The fourth-order valence-corrected chi connectivity index (χ4v) is 1.89. The molecule has 0 spiro atoms. The maximum absolute atomic E-state index is 13.5. The van der Waals surface area contributed by atoms with Gasteiger partial charge >= 0.3 is 0 Å². The Morgan fingerprint density at radius 1 is 1.32 bits per heavy atom. The van der Waals surface area contributed by atoms with Crippen LogP contribution in [0.2, 0.25) is 0 Å².